The molecule has 3 aromatic rings. The number of fused-ring (bicyclic) bond motifs is 1. The first-order valence-electron chi connectivity index (χ1n) is 8.16. The first kappa shape index (κ1) is 14.8. The van der Waals surface area contributed by atoms with Gasteiger partial charge in [-0.1, -0.05) is 0 Å². The van der Waals surface area contributed by atoms with Crippen LogP contribution < -0.4 is 16.6 Å². The van der Waals surface area contributed by atoms with Crippen molar-refractivity contribution >= 4 is 16.9 Å². The molecule has 0 amide bonds. The molecule has 0 radical (unpaired) electrons. The lowest BCUT2D eigenvalue weighted by Crippen LogP contribution is -2.21. The van der Waals surface area contributed by atoms with Crippen LogP contribution in [0.3, 0.4) is 0 Å². The molecule has 0 bridgehead atoms. The van der Waals surface area contributed by atoms with E-state index in [9.17, 15) is 4.79 Å². The van der Waals surface area contributed by atoms with Gasteiger partial charge in [-0.3, -0.25) is 9.36 Å². The van der Waals surface area contributed by atoms with Gasteiger partial charge < -0.3 is 11.1 Å². The minimum atomic E-state index is -0.120. The third-order valence-electron chi connectivity index (χ3n) is 4.49. The summed E-state index contributed by atoms with van der Waals surface area (Å²) in [5, 5.41) is 4.32. The number of pyridine rings is 3. The molecule has 24 heavy (non-hydrogen) atoms. The van der Waals surface area contributed by atoms with Crippen molar-refractivity contribution in [1.29, 1.82) is 0 Å². The molecular weight excluding hydrogens is 302 g/mol. The molecule has 1 saturated carbocycles. The fourth-order valence-electron chi connectivity index (χ4n) is 3.28. The summed E-state index contributed by atoms with van der Waals surface area (Å²) in [5.41, 5.74) is 7.16. The Hall–Kier alpha value is -2.73. The lowest BCUT2D eigenvalue weighted by Gasteiger charge is -2.14. The maximum atomic E-state index is 12.3. The van der Waals surface area contributed by atoms with Crippen molar-refractivity contribution in [3.8, 4) is 5.69 Å². The van der Waals surface area contributed by atoms with E-state index in [-0.39, 0.29) is 11.6 Å². The van der Waals surface area contributed by atoms with E-state index >= 15 is 0 Å². The fraction of sp³-hybridized carbons (Fsp3) is 0.278. The number of hydrogen-bond acceptors (Lipinski definition) is 5. The van der Waals surface area contributed by atoms with Gasteiger partial charge in [0.05, 0.1) is 11.9 Å². The van der Waals surface area contributed by atoms with E-state index in [0.717, 1.165) is 30.5 Å². The third-order valence-corrected chi connectivity index (χ3v) is 4.49. The molecule has 122 valence electrons. The van der Waals surface area contributed by atoms with Crippen LogP contribution in [0.2, 0.25) is 0 Å². The van der Waals surface area contributed by atoms with Gasteiger partial charge in [0.2, 0.25) is 0 Å². The second-order valence-electron chi connectivity index (χ2n) is 6.24. The predicted molar refractivity (Wildman–Crippen MR) is 94.4 cm³/mol. The highest BCUT2D eigenvalue weighted by molar-refractivity contribution is 5.76. The zero-order valence-corrected chi connectivity index (χ0v) is 13.2. The number of hydrogen-bond donors (Lipinski definition) is 2. The van der Waals surface area contributed by atoms with Crippen LogP contribution in [-0.2, 0) is 0 Å². The third kappa shape index (κ3) is 2.76. The highest BCUT2D eigenvalue weighted by Crippen LogP contribution is 2.21. The highest BCUT2D eigenvalue weighted by Gasteiger charge is 2.21. The van der Waals surface area contributed by atoms with E-state index in [2.05, 4.69) is 15.3 Å². The Morgan fingerprint density at radius 1 is 1.12 bits per heavy atom. The van der Waals surface area contributed by atoms with E-state index in [1.807, 2.05) is 24.3 Å². The molecule has 2 atom stereocenters. The normalized spacial score (nSPS) is 20.4. The molecule has 4 rings (SSSR count). The van der Waals surface area contributed by atoms with E-state index in [0.29, 0.717) is 17.4 Å². The van der Waals surface area contributed by atoms with Crippen molar-refractivity contribution in [2.24, 2.45) is 5.73 Å². The minimum absolute atomic E-state index is 0.120. The largest absolute Gasteiger partial charge is 0.367 e. The molecule has 3 N–H and O–H groups in total. The zero-order chi connectivity index (χ0) is 16.5. The number of nitrogens with one attached hydrogen (secondary N) is 1. The number of anilines is 1. The summed E-state index contributed by atoms with van der Waals surface area (Å²) < 4.78 is 1.58. The summed E-state index contributed by atoms with van der Waals surface area (Å²) in [5.74, 6) is 0.805. The number of aromatic nitrogens is 3. The van der Waals surface area contributed by atoms with Crippen LogP contribution in [0.4, 0.5) is 5.82 Å². The topological polar surface area (TPSA) is 85.8 Å². The summed E-state index contributed by atoms with van der Waals surface area (Å²) >= 11 is 0. The fourth-order valence-corrected chi connectivity index (χ4v) is 3.28. The smallest absolute Gasteiger partial charge is 0.256 e. The maximum Gasteiger partial charge on any atom is 0.256 e. The van der Waals surface area contributed by atoms with Crippen molar-refractivity contribution in [3.63, 3.8) is 0 Å². The Bertz CT molecular complexity index is 919. The first-order chi connectivity index (χ1) is 11.7. The Morgan fingerprint density at radius 3 is 2.79 bits per heavy atom. The monoisotopic (exact) mass is 321 g/mol. The Balaban J connectivity index is 1.66. The second-order valence-corrected chi connectivity index (χ2v) is 6.24. The van der Waals surface area contributed by atoms with Crippen LogP contribution >= 0.6 is 0 Å². The average molecular weight is 321 g/mol. The molecule has 0 unspecified atom stereocenters. The van der Waals surface area contributed by atoms with Crippen molar-refractivity contribution < 1.29 is 0 Å². The van der Waals surface area contributed by atoms with E-state index in [1.165, 1.54) is 0 Å². The zero-order valence-electron chi connectivity index (χ0n) is 13.2. The van der Waals surface area contributed by atoms with Crippen LogP contribution in [0.5, 0.6) is 0 Å². The summed E-state index contributed by atoms with van der Waals surface area (Å²) in [7, 11) is 0. The molecule has 1 fully saturated rings. The van der Waals surface area contributed by atoms with Crippen LogP contribution in [0.15, 0.2) is 53.6 Å². The van der Waals surface area contributed by atoms with Gasteiger partial charge in [0.15, 0.2) is 0 Å². The average Bonchev–Trinajstić information content (AvgIpc) is 3.01. The molecule has 3 aromatic heterocycles. The number of rotatable bonds is 3. The van der Waals surface area contributed by atoms with Gasteiger partial charge in [0.25, 0.3) is 5.56 Å². The van der Waals surface area contributed by atoms with Crippen molar-refractivity contribution in [1.82, 2.24) is 14.5 Å². The molecule has 0 aromatic carbocycles. The van der Waals surface area contributed by atoms with E-state index in [1.54, 1.807) is 29.1 Å². The SMILES string of the molecule is N[C@H]1CC[C@H](Nc2ccc(-n3c(=O)ccc4cccnc43)cn2)C1. The summed E-state index contributed by atoms with van der Waals surface area (Å²) in [4.78, 5) is 21.1. The van der Waals surface area contributed by atoms with Gasteiger partial charge in [-0.2, -0.15) is 0 Å². The van der Waals surface area contributed by atoms with Gasteiger partial charge >= 0.3 is 0 Å². The van der Waals surface area contributed by atoms with Crippen molar-refractivity contribution in [3.05, 3.63) is 59.1 Å². The van der Waals surface area contributed by atoms with Crippen LogP contribution in [0.25, 0.3) is 16.7 Å². The molecule has 3 heterocycles. The lowest BCUT2D eigenvalue weighted by molar-refractivity contribution is 0.686. The van der Waals surface area contributed by atoms with Crippen LogP contribution in [0.1, 0.15) is 19.3 Å². The Kier molecular flexibility index (Phi) is 3.74. The van der Waals surface area contributed by atoms with Gasteiger partial charge in [0.1, 0.15) is 11.5 Å². The highest BCUT2D eigenvalue weighted by atomic mass is 16.1. The molecule has 6 heteroatoms. The molecule has 1 aliphatic carbocycles. The first-order valence-corrected chi connectivity index (χ1v) is 8.16. The van der Waals surface area contributed by atoms with Gasteiger partial charge in [0, 0.05) is 29.7 Å². The molecule has 1 aliphatic rings. The van der Waals surface area contributed by atoms with Crippen LogP contribution in [0, 0.1) is 0 Å². The van der Waals surface area contributed by atoms with Gasteiger partial charge in [-0.15, -0.1) is 0 Å². The molecular formula is C18H19N5O. The van der Waals surface area contributed by atoms with E-state index in [4.69, 9.17) is 5.73 Å². The summed E-state index contributed by atoms with van der Waals surface area (Å²) in [6, 6.07) is 11.6. The second kappa shape index (κ2) is 6.05. The van der Waals surface area contributed by atoms with Crippen molar-refractivity contribution in [2.75, 3.05) is 5.32 Å². The van der Waals surface area contributed by atoms with E-state index < -0.39 is 0 Å². The summed E-state index contributed by atoms with van der Waals surface area (Å²) in [6.07, 6.45) is 6.47. The molecule has 0 saturated heterocycles. The number of nitrogens with zero attached hydrogens (tertiary/aromatic N) is 3. The molecule has 0 aliphatic heterocycles. The maximum absolute atomic E-state index is 12.3. The Labute approximate surface area is 139 Å². The lowest BCUT2D eigenvalue weighted by atomic mass is 10.2. The van der Waals surface area contributed by atoms with Crippen LogP contribution in [-0.4, -0.2) is 26.6 Å². The quantitative estimate of drug-likeness (QED) is 0.771. The molecule has 0 spiro atoms. The Morgan fingerprint density at radius 2 is 2.04 bits per heavy atom. The standard InChI is InChI=1S/C18H19N5O/c19-13-4-5-14(10-13)22-16-7-6-15(11-21-16)23-17(24)8-3-12-2-1-9-20-18(12)23/h1-3,6-9,11,13-14H,4-5,10,19H2,(H,21,22)/t13-,14-/m0/s1. The van der Waals surface area contributed by atoms with Crippen molar-refractivity contribution in [2.45, 2.75) is 31.3 Å². The minimum Gasteiger partial charge on any atom is -0.367 e. The number of nitrogens with two attached hydrogens (primary N) is 1. The molecule has 6 nitrogen and oxygen atoms in total. The predicted octanol–water partition coefficient (Wildman–Crippen LogP) is 2.07. The van der Waals surface area contributed by atoms with Gasteiger partial charge in [-0.05, 0) is 49.6 Å². The van der Waals surface area contributed by atoms with Gasteiger partial charge in [-0.25, -0.2) is 9.97 Å². The summed E-state index contributed by atoms with van der Waals surface area (Å²) in [6.45, 7) is 0.